The second-order valence-electron chi connectivity index (χ2n) is 18.3. The van der Waals surface area contributed by atoms with Crippen molar-refractivity contribution in [3.05, 3.63) is 226 Å². The molecule has 0 radical (unpaired) electrons. The molecule has 8 nitrogen and oxygen atoms in total. The van der Waals surface area contributed by atoms with Crippen molar-refractivity contribution in [3.63, 3.8) is 0 Å². The third kappa shape index (κ3) is 7.53. The fourth-order valence-electron chi connectivity index (χ4n) is 10.5. The highest BCUT2D eigenvalue weighted by molar-refractivity contribution is 9.10. The van der Waals surface area contributed by atoms with Gasteiger partial charge in [0, 0.05) is 72.0 Å². The van der Waals surface area contributed by atoms with Crippen molar-refractivity contribution in [1.29, 1.82) is 0 Å². The summed E-state index contributed by atoms with van der Waals surface area (Å²) in [6.45, 7) is 0. The van der Waals surface area contributed by atoms with Gasteiger partial charge in [-0.2, -0.15) is 0 Å². The lowest BCUT2D eigenvalue weighted by Crippen LogP contribution is -1.92. The van der Waals surface area contributed by atoms with Gasteiger partial charge in [-0.15, -0.1) is 0 Å². The number of halogens is 1. The van der Waals surface area contributed by atoms with Crippen LogP contribution in [0.5, 0.6) is 0 Å². The summed E-state index contributed by atoms with van der Waals surface area (Å²) in [6.07, 6.45) is 16.9. The molecule has 0 aliphatic carbocycles. The second-order valence-corrected chi connectivity index (χ2v) is 19.1. The Bertz CT molecular complexity index is 4290. The van der Waals surface area contributed by atoms with Gasteiger partial charge in [0.2, 0.25) is 0 Å². The van der Waals surface area contributed by atoms with Gasteiger partial charge in [0.05, 0.1) is 55.5 Å². The Labute approximate surface area is 427 Å². The molecular formula is C64H41BrN8. The summed E-state index contributed by atoms with van der Waals surface area (Å²) in [5, 5.41) is 0. The number of fused-ring (bicyclic) bond motifs is 16. The lowest BCUT2D eigenvalue weighted by atomic mass is 10.0. The second kappa shape index (κ2) is 17.4. The van der Waals surface area contributed by atoms with Crippen LogP contribution in [0.15, 0.2) is 180 Å². The van der Waals surface area contributed by atoms with Gasteiger partial charge in [-0.1, -0.05) is 121 Å². The molecule has 0 spiro atoms. The van der Waals surface area contributed by atoms with Gasteiger partial charge in [-0.25, -0.2) is 19.9 Å². The summed E-state index contributed by atoms with van der Waals surface area (Å²) in [5.74, 6) is 0. The first-order valence-corrected chi connectivity index (χ1v) is 25.0. The number of benzene rings is 4. The van der Waals surface area contributed by atoms with Gasteiger partial charge in [0.1, 0.15) is 0 Å². The van der Waals surface area contributed by atoms with E-state index in [0.29, 0.717) is 0 Å². The van der Waals surface area contributed by atoms with Crippen LogP contribution in [0, 0.1) is 0 Å². The standard InChI is InChI=1S/C64H41BrN8/c65-64-56-35-33-50(72-56)60(40-17-9-3-10-18-40)48-27-31-54(70-48)63(55-32-28-49(71-55)61(41-19-11-4-12-20-41)51-34-36-57(64)73-51)62-52-29-25-46(68-52)58(38-13-5-1-6-14-38)44-23-21-42(66-44)37-43-22-24-45(67-43)59(39-15-7-2-8-16-39)47-26-30-53(62)69-47/h1-37,66,69-70,73H. The molecule has 0 saturated carbocycles. The summed E-state index contributed by atoms with van der Waals surface area (Å²) < 4.78 is 0.865. The molecule has 344 valence electrons. The summed E-state index contributed by atoms with van der Waals surface area (Å²) in [4.78, 5) is 37.3. The maximum atomic E-state index is 5.66. The monoisotopic (exact) mass is 1000 g/mol. The van der Waals surface area contributed by atoms with Crippen molar-refractivity contribution >= 4 is 109 Å². The highest BCUT2D eigenvalue weighted by Crippen LogP contribution is 2.42. The number of rotatable bonds is 5. The van der Waals surface area contributed by atoms with Gasteiger partial charge in [-0.3, -0.25) is 0 Å². The van der Waals surface area contributed by atoms with Crippen molar-refractivity contribution in [2.45, 2.75) is 0 Å². The lowest BCUT2D eigenvalue weighted by molar-refractivity contribution is 1.29. The van der Waals surface area contributed by atoms with E-state index < -0.39 is 0 Å². The number of aromatic amines is 4. The molecule has 10 heterocycles. The van der Waals surface area contributed by atoms with Crippen molar-refractivity contribution in [1.82, 2.24) is 39.9 Å². The van der Waals surface area contributed by atoms with E-state index in [1.807, 2.05) is 24.3 Å². The number of nitrogens with one attached hydrogen (secondary N) is 4. The maximum Gasteiger partial charge on any atom is 0.0801 e. The smallest absolute Gasteiger partial charge is 0.0801 e. The van der Waals surface area contributed by atoms with Crippen LogP contribution < -0.4 is 0 Å². The fourth-order valence-corrected chi connectivity index (χ4v) is 10.9. The Balaban J connectivity index is 1.18. The molecule has 6 aromatic heterocycles. The summed E-state index contributed by atoms with van der Waals surface area (Å²) >= 11 is 3.95. The van der Waals surface area contributed by atoms with E-state index in [1.54, 1.807) is 0 Å². The number of hydrogen-bond acceptors (Lipinski definition) is 4. The summed E-state index contributed by atoms with van der Waals surface area (Å²) in [6, 6.07) is 61.1. The minimum Gasteiger partial charge on any atom is -0.355 e. The number of H-pyrrole nitrogens is 4. The average Bonchev–Trinajstić information content (AvgIpc) is 4.27. The zero-order valence-electron chi connectivity index (χ0n) is 39.0. The normalized spacial score (nSPS) is 12.5. The minimum atomic E-state index is 0.773. The van der Waals surface area contributed by atoms with Gasteiger partial charge in [0.15, 0.2) is 0 Å². The molecule has 73 heavy (non-hydrogen) atoms. The molecular weight excluding hydrogens is 961 g/mol. The Morgan fingerprint density at radius 2 is 0.562 bits per heavy atom. The van der Waals surface area contributed by atoms with Crippen LogP contribution in [0.25, 0.3) is 148 Å². The first-order chi connectivity index (χ1) is 36.1. The van der Waals surface area contributed by atoms with E-state index >= 15 is 0 Å². The Morgan fingerprint density at radius 3 is 1.00 bits per heavy atom. The Kier molecular flexibility index (Phi) is 10.1. The van der Waals surface area contributed by atoms with Crippen molar-refractivity contribution in [2.75, 3.05) is 0 Å². The SMILES string of the molecule is Brc1c2nc(c(-c3ccccc3)c3ccc([nH]3)c(-c3c4nc(c(-c5ccccc5)c5ccc(cc6nc(c(-c7ccccc7)c7ccc3[nH]7)C=C6)[nH]5)C=C4)c3nc(c(-c4ccccc4)c4ccc1[nH]4)C=C3)C=C2. The summed E-state index contributed by atoms with van der Waals surface area (Å²) in [5.41, 5.74) is 23.7. The van der Waals surface area contributed by atoms with Crippen LogP contribution in [0.3, 0.4) is 0 Å². The molecule has 0 saturated heterocycles. The molecule has 4 aliphatic heterocycles. The third-order valence-electron chi connectivity index (χ3n) is 13.8. The first kappa shape index (κ1) is 42.4. The number of aromatic nitrogens is 8. The maximum absolute atomic E-state index is 5.66. The lowest BCUT2D eigenvalue weighted by Gasteiger charge is -2.08. The largest absolute Gasteiger partial charge is 0.355 e. The highest BCUT2D eigenvalue weighted by Gasteiger charge is 2.23. The number of hydrogen-bond donors (Lipinski definition) is 4. The predicted molar refractivity (Wildman–Crippen MR) is 306 cm³/mol. The molecule has 4 aliphatic rings. The van der Waals surface area contributed by atoms with Crippen LogP contribution in [-0.2, 0) is 0 Å². The fraction of sp³-hybridized carbons (Fsp3) is 0. The average molecular weight is 1000 g/mol. The van der Waals surface area contributed by atoms with Crippen LogP contribution in [-0.4, -0.2) is 39.9 Å². The van der Waals surface area contributed by atoms with Gasteiger partial charge < -0.3 is 19.9 Å². The molecule has 10 aromatic rings. The molecule has 0 fully saturated rings. The molecule has 9 heteroatoms. The quantitative estimate of drug-likeness (QED) is 0.137. The molecule has 0 atom stereocenters. The van der Waals surface area contributed by atoms with Crippen molar-refractivity contribution in [2.24, 2.45) is 0 Å². The van der Waals surface area contributed by atoms with Crippen molar-refractivity contribution in [3.8, 4) is 55.6 Å². The summed E-state index contributed by atoms with van der Waals surface area (Å²) in [7, 11) is 0. The topological polar surface area (TPSA) is 115 Å². The van der Waals surface area contributed by atoms with E-state index in [1.165, 1.54) is 0 Å². The first-order valence-electron chi connectivity index (χ1n) is 24.2. The molecule has 0 unspecified atom stereocenters. The van der Waals surface area contributed by atoms with E-state index in [9.17, 15) is 0 Å². The number of nitrogens with zero attached hydrogens (tertiary/aromatic N) is 4. The van der Waals surface area contributed by atoms with Gasteiger partial charge >= 0.3 is 0 Å². The van der Waals surface area contributed by atoms with Crippen LogP contribution >= 0.6 is 15.9 Å². The predicted octanol–water partition coefficient (Wildman–Crippen LogP) is 16.7. The Morgan fingerprint density at radius 1 is 0.260 bits per heavy atom. The Hall–Kier alpha value is -9.44. The third-order valence-corrected chi connectivity index (χ3v) is 14.6. The molecule has 0 amide bonds. The molecule has 16 bridgehead atoms. The van der Waals surface area contributed by atoms with E-state index in [0.717, 1.165) is 150 Å². The highest BCUT2D eigenvalue weighted by atomic mass is 79.9. The van der Waals surface area contributed by atoms with Crippen LogP contribution in [0.1, 0.15) is 45.6 Å². The zero-order valence-corrected chi connectivity index (χ0v) is 40.6. The van der Waals surface area contributed by atoms with Gasteiger partial charge in [-0.05, 0) is 141 Å². The van der Waals surface area contributed by atoms with E-state index in [2.05, 4.69) is 236 Å². The molecule has 14 rings (SSSR count). The van der Waals surface area contributed by atoms with Crippen molar-refractivity contribution < 1.29 is 0 Å². The minimum absolute atomic E-state index is 0.773. The van der Waals surface area contributed by atoms with E-state index in [4.69, 9.17) is 19.9 Å². The van der Waals surface area contributed by atoms with Gasteiger partial charge in [0.25, 0.3) is 0 Å². The molecule has 4 N–H and O–H groups in total. The van der Waals surface area contributed by atoms with Crippen LogP contribution in [0.4, 0.5) is 0 Å². The van der Waals surface area contributed by atoms with E-state index in [-0.39, 0.29) is 0 Å². The molecule has 4 aromatic carbocycles. The zero-order chi connectivity index (χ0) is 48.4. The van der Waals surface area contributed by atoms with Crippen LogP contribution in [0.2, 0.25) is 0 Å².